The van der Waals surface area contributed by atoms with Gasteiger partial charge in [0.2, 0.25) is 0 Å². The van der Waals surface area contributed by atoms with Crippen LogP contribution in [0.15, 0.2) is 48.8 Å². The van der Waals surface area contributed by atoms with Crippen molar-refractivity contribution < 1.29 is 14.3 Å². The van der Waals surface area contributed by atoms with Crippen LogP contribution in [0.3, 0.4) is 0 Å². The first-order chi connectivity index (χ1) is 11.3. The molecule has 2 aromatic rings. The quantitative estimate of drug-likeness (QED) is 0.922. The van der Waals surface area contributed by atoms with Crippen LogP contribution in [0.25, 0.3) is 0 Å². The summed E-state index contributed by atoms with van der Waals surface area (Å²) in [5.41, 5.74) is 1.02. The normalized spacial score (nSPS) is 17.9. The van der Waals surface area contributed by atoms with Crippen molar-refractivity contribution in [3.05, 3.63) is 54.4 Å². The van der Waals surface area contributed by atoms with Crippen LogP contribution in [0.2, 0.25) is 0 Å². The Bertz CT molecular complexity index is 628. The number of nitrogens with zero attached hydrogens (tertiary/aromatic N) is 1. The molecule has 0 unspecified atom stereocenters. The van der Waals surface area contributed by atoms with Crippen LogP contribution in [0, 0.1) is 0 Å². The van der Waals surface area contributed by atoms with Crippen LogP contribution >= 0.6 is 0 Å². The van der Waals surface area contributed by atoms with Crippen molar-refractivity contribution in [1.82, 2.24) is 10.3 Å². The number of nitrogens with one attached hydrogen (secondary N) is 1. The predicted octanol–water partition coefficient (Wildman–Crippen LogP) is 2.71. The van der Waals surface area contributed by atoms with Gasteiger partial charge in [-0.25, -0.2) is 0 Å². The van der Waals surface area contributed by atoms with E-state index < -0.39 is 6.10 Å². The SMILES string of the molecule is O=C1NCCCC[C@@H]1Oc1ccc(OCc2cccnc2)cc1. The van der Waals surface area contributed by atoms with E-state index in [-0.39, 0.29) is 5.91 Å². The van der Waals surface area contributed by atoms with Gasteiger partial charge in [-0.2, -0.15) is 0 Å². The summed E-state index contributed by atoms with van der Waals surface area (Å²) in [5.74, 6) is 1.41. The number of aromatic nitrogens is 1. The molecule has 1 aliphatic heterocycles. The number of hydrogen-bond donors (Lipinski definition) is 1. The molecule has 0 bridgehead atoms. The van der Waals surface area contributed by atoms with Gasteiger partial charge in [0, 0.05) is 24.5 Å². The molecule has 2 heterocycles. The second kappa shape index (κ2) is 7.63. The fourth-order valence-corrected chi connectivity index (χ4v) is 2.45. The van der Waals surface area contributed by atoms with Gasteiger partial charge in [0.15, 0.2) is 6.10 Å². The first-order valence-corrected chi connectivity index (χ1v) is 7.87. The van der Waals surface area contributed by atoms with Crippen molar-refractivity contribution in [3.8, 4) is 11.5 Å². The zero-order valence-electron chi connectivity index (χ0n) is 12.9. The molecule has 0 aliphatic carbocycles. The molecule has 23 heavy (non-hydrogen) atoms. The molecule has 1 aromatic heterocycles. The van der Waals surface area contributed by atoms with E-state index in [2.05, 4.69) is 10.3 Å². The van der Waals surface area contributed by atoms with E-state index in [0.717, 1.165) is 37.1 Å². The van der Waals surface area contributed by atoms with E-state index >= 15 is 0 Å². The van der Waals surface area contributed by atoms with Crippen molar-refractivity contribution in [2.75, 3.05) is 6.54 Å². The monoisotopic (exact) mass is 312 g/mol. The highest BCUT2D eigenvalue weighted by Gasteiger charge is 2.22. The lowest BCUT2D eigenvalue weighted by molar-refractivity contribution is -0.127. The van der Waals surface area contributed by atoms with Crippen LogP contribution in [-0.2, 0) is 11.4 Å². The Morgan fingerprint density at radius 2 is 1.96 bits per heavy atom. The molecule has 0 saturated carbocycles. The average Bonchev–Trinajstić information content (AvgIpc) is 2.80. The van der Waals surface area contributed by atoms with Gasteiger partial charge in [-0.15, -0.1) is 0 Å². The standard InChI is InChI=1S/C18H20N2O3/c21-18-17(5-1-2-11-20-18)23-16-8-6-15(7-9-16)22-13-14-4-3-10-19-12-14/h3-4,6-10,12,17H,1-2,5,11,13H2,(H,20,21)/t17-/m0/s1. The van der Waals surface area contributed by atoms with Gasteiger partial charge in [-0.05, 0) is 49.6 Å². The van der Waals surface area contributed by atoms with Crippen LogP contribution in [0.1, 0.15) is 24.8 Å². The number of carbonyl (C=O) groups excluding carboxylic acids is 1. The Hall–Kier alpha value is -2.56. The van der Waals surface area contributed by atoms with Crippen molar-refractivity contribution in [2.45, 2.75) is 32.0 Å². The van der Waals surface area contributed by atoms with Crippen molar-refractivity contribution in [3.63, 3.8) is 0 Å². The third-order valence-electron chi connectivity index (χ3n) is 3.72. The summed E-state index contributed by atoms with van der Waals surface area (Å²) in [4.78, 5) is 15.9. The molecule has 5 nitrogen and oxygen atoms in total. The molecule has 1 N–H and O–H groups in total. The van der Waals surface area contributed by atoms with E-state index in [0.29, 0.717) is 12.4 Å². The van der Waals surface area contributed by atoms with Gasteiger partial charge >= 0.3 is 0 Å². The minimum absolute atomic E-state index is 0.0283. The highest BCUT2D eigenvalue weighted by molar-refractivity contribution is 5.81. The Morgan fingerprint density at radius 1 is 1.13 bits per heavy atom. The van der Waals surface area contributed by atoms with Crippen LogP contribution in [0.4, 0.5) is 0 Å². The van der Waals surface area contributed by atoms with Crippen molar-refractivity contribution in [2.24, 2.45) is 0 Å². The van der Waals surface area contributed by atoms with E-state index in [1.807, 2.05) is 36.4 Å². The number of amides is 1. The van der Waals surface area contributed by atoms with Gasteiger partial charge in [0.25, 0.3) is 5.91 Å². The summed E-state index contributed by atoms with van der Waals surface area (Å²) >= 11 is 0. The van der Waals surface area contributed by atoms with Crippen LogP contribution in [0.5, 0.6) is 11.5 Å². The third kappa shape index (κ3) is 4.45. The molecule has 0 radical (unpaired) electrons. The third-order valence-corrected chi connectivity index (χ3v) is 3.72. The van der Waals surface area contributed by atoms with Gasteiger partial charge < -0.3 is 14.8 Å². The minimum atomic E-state index is -0.403. The van der Waals surface area contributed by atoms with E-state index in [4.69, 9.17) is 9.47 Å². The van der Waals surface area contributed by atoms with Gasteiger partial charge in [-0.1, -0.05) is 6.07 Å². The number of hydrogen-bond acceptors (Lipinski definition) is 4. The zero-order valence-corrected chi connectivity index (χ0v) is 12.9. The maximum atomic E-state index is 11.9. The number of pyridine rings is 1. The van der Waals surface area contributed by atoms with Crippen molar-refractivity contribution in [1.29, 1.82) is 0 Å². The lowest BCUT2D eigenvalue weighted by Gasteiger charge is -2.16. The number of benzene rings is 1. The largest absolute Gasteiger partial charge is 0.489 e. The molecule has 120 valence electrons. The predicted molar refractivity (Wildman–Crippen MR) is 86.3 cm³/mol. The summed E-state index contributed by atoms with van der Waals surface area (Å²) in [6.07, 6.45) is 5.87. The highest BCUT2D eigenvalue weighted by Crippen LogP contribution is 2.21. The molecule has 1 amide bonds. The number of carbonyl (C=O) groups is 1. The van der Waals surface area contributed by atoms with Crippen LogP contribution in [-0.4, -0.2) is 23.5 Å². The molecule has 3 rings (SSSR count). The molecule has 1 aliphatic rings. The van der Waals surface area contributed by atoms with E-state index in [9.17, 15) is 4.79 Å². The Labute approximate surface area is 135 Å². The fourth-order valence-electron chi connectivity index (χ4n) is 2.45. The Morgan fingerprint density at radius 3 is 2.74 bits per heavy atom. The first kappa shape index (κ1) is 15.3. The molecular formula is C18H20N2O3. The van der Waals surface area contributed by atoms with Gasteiger partial charge in [0.1, 0.15) is 18.1 Å². The van der Waals surface area contributed by atoms with Gasteiger partial charge in [-0.3, -0.25) is 9.78 Å². The maximum absolute atomic E-state index is 11.9. The summed E-state index contributed by atoms with van der Waals surface area (Å²) < 4.78 is 11.5. The Balaban J connectivity index is 1.55. The lowest BCUT2D eigenvalue weighted by Crippen LogP contribution is -2.36. The van der Waals surface area contributed by atoms with E-state index in [1.165, 1.54) is 0 Å². The second-order valence-electron chi connectivity index (χ2n) is 5.51. The molecule has 1 fully saturated rings. The number of ether oxygens (including phenoxy) is 2. The lowest BCUT2D eigenvalue weighted by atomic mass is 10.2. The highest BCUT2D eigenvalue weighted by atomic mass is 16.5. The summed E-state index contributed by atoms with van der Waals surface area (Å²) in [6.45, 7) is 1.21. The summed E-state index contributed by atoms with van der Waals surface area (Å²) in [7, 11) is 0. The zero-order chi connectivity index (χ0) is 15.9. The average molecular weight is 312 g/mol. The van der Waals surface area contributed by atoms with Crippen LogP contribution < -0.4 is 14.8 Å². The topological polar surface area (TPSA) is 60.5 Å². The molecule has 5 heteroatoms. The summed E-state index contributed by atoms with van der Waals surface area (Å²) in [5, 5.41) is 2.87. The smallest absolute Gasteiger partial charge is 0.261 e. The molecular weight excluding hydrogens is 292 g/mol. The second-order valence-corrected chi connectivity index (χ2v) is 5.51. The minimum Gasteiger partial charge on any atom is -0.489 e. The molecule has 1 atom stereocenters. The molecule has 1 aromatic carbocycles. The maximum Gasteiger partial charge on any atom is 0.261 e. The first-order valence-electron chi connectivity index (χ1n) is 7.87. The molecule has 1 saturated heterocycles. The number of rotatable bonds is 5. The fraction of sp³-hybridized carbons (Fsp3) is 0.333. The van der Waals surface area contributed by atoms with Crippen molar-refractivity contribution >= 4 is 5.91 Å². The molecule has 0 spiro atoms. The van der Waals surface area contributed by atoms with E-state index in [1.54, 1.807) is 12.4 Å². The Kier molecular flexibility index (Phi) is 5.09. The van der Waals surface area contributed by atoms with Gasteiger partial charge in [0.05, 0.1) is 0 Å². The summed E-state index contributed by atoms with van der Waals surface area (Å²) in [6, 6.07) is 11.2.